The van der Waals surface area contributed by atoms with Crippen molar-refractivity contribution in [1.82, 2.24) is 4.72 Å². The van der Waals surface area contributed by atoms with Crippen LogP contribution in [-0.2, 0) is 16.4 Å². The zero-order chi connectivity index (χ0) is 17.9. The summed E-state index contributed by atoms with van der Waals surface area (Å²) in [5, 5.41) is 11.9. The van der Waals surface area contributed by atoms with E-state index in [9.17, 15) is 13.5 Å². The topological polar surface area (TPSA) is 66.4 Å². The van der Waals surface area contributed by atoms with Crippen LogP contribution in [0.15, 0.2) is 70.9 Å². The molecule has 2 N–H and O–H groups in total. The molecule has 4 nitrogen and oxygen atoms in total. The second-order valence-electron chi connectivity index (χ2n) is 5.47. The summed E-state index contributed by atoms with van der Waals surface area (Å²) in [4.78, 5) is 0.670. The SMILES string of the molecule is O=S(=O)(NC(Cc1ccccc1)c1cccs1)c1cccc(Cl)c1O. The molecule has 0 spiro atoms. The van der Waals surface area contributed by atoms with Crippen LogP contribution in [0.4, 0.5) is 0 Å². The van der Waals surface area contributed by atoms with Crippen LogP contribution < -0.4 is 4.72 Å². The summed E-state index contributed by atoms with van der Waals surface area (Å²) in [6.45, 7) is 0. The molecule has 0 aliphatic heterocycles. The Labute approximate surface area is 155 Å². The molecule has 0 radical (unpaired) electrons. The highest BCUT2D eigenvalue weighted by Crippen LogP contribution is 2.32. The molecule has 25 heavy (non-hydrogen) atoms. The van der Waals surface area contributed by atoms with Crippen LogP contribution in [0.25, 0.3) is 0 Å². The van der Waals surface area contributed by atoms with Gasteiger partial charge in [-0.25, -0.2) is 13.1 Å². The van der Waals surface area contributed by atoms with E-state index >= 15 is 0 Å². The fraction of sp³-hybridized carbons (Fsp3) is 0.111. The molecule has 130 valence electrons. The average molecular weight is 394 g/mol. The number of phenols is 1. The third kappa shape index (κ3) is 4.22. The van der Waals surface area contributed by atoms with Gasteiger partial charge < -0.3 is 5.11 Å². The minimum atomic E-state index is -3.94. The Morgan fingerprint density at radius 1 is 1.04 bits per heavy atom. The number of hydrogen-bond donors (Lipinski definition) is 2. The molecule has 1 aromatic heterocycles. The van der Waals surface area contributed by atoms with E-state index in [0.717, 1.165) is 10.4 Å². The summed E-state index contributed by atoms with van der Waals surface area (Å²) in [5.41, 5.74) is 1.01. The smallest absolute Gasteiger partial charge is 0.244 e. The number of halogens is 1. The monoisotopic (exact) mass is 393 g/mol. The average Bonchev–Trinajstić information content (AvgIpc) is 3.12. The van der Waals surface area contributed by atoms with Crippen molar-refractivity contribution < 1.29 is 13.5 Å². The molecular formula is C18H16ClNO3S2. The van der Waals surface area contributed by atoms with Crippen molar-refractivity contribution in [3.05, 3.63) is 81.5 Å². The van der Waals surface area contributed by atoms with Gasteiger partial charge in [-0.15, -0.1) is 11.3 Å². The van der Waals surface area contributed by atoms with Gasteiger partial charge in [0.15, 0.2) is 5.75 Å². The van der Waals surface area contributed by atoms with Crippen molar-refractivity contribution >= 4 is 33.0 Å². The fourth-order valence-corrected chi connectivity index (χ4v) is 4.92. The van der Waals surface area contributed by atoms with Crippen molar-refractivity contribution in [2.24, 2.45) is 0 Å². The Balaban J connectivity index is 1.93. The number of rotatable bonds is 6. The molecule has 0 amide bonds. The lowest BCUT2D eigenvalue weighted by molar-refractivity contribution is 0.457. The van der Waals surface area contributed by atoms with Gasteiger partial charge in [-0.05, 0) is 35.6 Å². The predicted molar refractivity (Wildman–Crippen MR) is 101 cm³/mol. The van der Waals surface area contributed by atoms with Crippen molar-refractivity contribution in [2.75, 3.05) is 0 Å². The lowest BCUT2D eigenvalue weighted by Crippen LogP contribution is -2.29. The standard InChI is InChI=1S/C18H16ClNO3S2/c19-14-8-4-10-17(18(14)21)25(22,23)20-15(16-9-5-11-24-16)12-13-6-2-1-3-7-13/h1-11,15,20-21H,12H2. The Morgan fingerprint density at radius 2 is 1.80 bits per heavy atom. The summed E-state index contributed by atoms with van der Waals surface area (Å²) < 4.78 is 28.2. The third-order valence-electron chi connectivity index (χ3n) is 3.71. The van der Waals surface area contributed by atoms with Crippen LogP contribution in [0.1, 0.15) is 16.5 Å². The van der Waals surface area contributed by atoms with E-state index in [4.69, 9.17) is 11.6 Å². The van der Waals surface area contributed by atoms with Crippen molar-refractivity contribution in [3.63, 3.8) is 0 Å². The first-order valence-electron chi connectivity index (χ1n) is 7.54. The van der Waals surface area contributed by atoms with Gasteiger partial charge in [-0.1, -0.05) is 54.1 Å². The molecule has 0 fully saturated rings. The van der Waals surface area contributed by atoms with Gasteiger partial charge in [-0.3, -0.25) is 0 Å². The van der Waals surface area contributed by atoms with Crippen molar-refractivity contribution in [1.29, 1.82) is 0 Å². The highest BCUT2D eigenvalue weighted by Gasteiger charge is 2.25. The molecule has 3 aromatic rings. The Hall–Kier alpha value is -1.86. The summed E-state index contributed by atoms with van der Waals surface area (Å²) in [5.74, 6) is -0.443. The van der Waals surface area contributed by atoms with E-state index in [1.54, 1.807) is 0 Å². The van der Waals surface area contributed by atoms with Crippen LogP contribution in [0.5, 0.6) is 5.75 Å². The summed E-state index contributed by atoms with van der Waals surface area (Å²) in [6, 6.07) is 17.2. The van der Waals surface area contributed by atoms with E-state index < -0.39 is 21.8 Å². The Morgan fingerprint density at radius 3 is 2.48 bits per heavy atom. The highest BCUT2D eigenvalue weighted by molar-refractivity contribution is 7.89. The molecule has 0 saturated carbocycles. The van der Waals surface area contributed by atoms with Gasteiger partial charge in [0.1, 0.15) is 4.90 Å². The first-order chi connectivity index (χ1) is 12.0. The number of aromatic hydroxyl groups is 1. The first kappa shape index (κ1) is 17.9. The zero-order valence-corrected chi connectivity index (χ0v) is 15.5. The maximum Gasteiger partial charge on any atom is 0.244 e. The summed E-state index contributed by atoms with van der Waals surface area (Å²) in [7, 11) is -3.94. The lowest BCUT2D eigenvalue weighted by atomic mass is 10.1. The number of phenolic OH excluding ortho intramolecular Hbond substituents is 1. The van der Waals surface area contributed by atoms with Crippen LogP contribution >= 0.6 is 22.9 Å². The molecule has 0 aliphatic carbocycles. The minimum absolute atomic E-state index is 0.00129. The second-order valence-corrected chi connectivity index (χ2v) is 8.53. The minimum Gasteiger partial charge on any atom is -0.505 e. The maximum absolute atomic E-state index is 12.8. The van der Waals surface area contributed by atoms with Crippen molar-refractivity contribution in [2.45, 2.75) is 17.4 Å². The molecular weight excluding hydrogens is 378 g/mol. The van der Waals surface area contributed by atoms with E-state index in [2.05, 4.69) is 4.72 Å². The number of nitrogens with one attached hydrogen (secondary N) is 1. The van der Waals surface area contributed by atoms with Crippen LogP contribution in [0, 0.1) is 0 Å². The predicted octanol–water partition coefficient (Wildman–Crippen LogP) is 4.37. The van der Waals surface area contributed by atoms with E-state index in [-0.39, 0.29) is 9.92 Å². The Kier molecular flexibility index (Phi) is 5.44. The van der Waals surface area contributed by atoms with E-state index in [1.807, 2.05) is 47.8 Å². The number of para-hydroxylation sites is 1. The number of sulfonamides is 1. The van der Waals surface area contributed by atoms with Gasteiger partial charge in [0.25, 0.3) is 0 Å². The molecule has 0 bridgehead atoms. The maximum atomic E-state index is 12.8. The normalized spacial score (nSPS) is 12.8. The highest BCUT2D eigenvalue weighted by atomic mass is 35.5. The second kappa shape index (κ2) is 7.58. The summed E-state index contributed by atoms with van der Waals surface area (Å²) >= 11 is 7.32. The molecule has 7 heteroatoms. The van der Waals surface area contributed by atoms with Gasteiger partial charge >= 0.3 is 0 Å². The van der Waals surface area contributed by atoms with Gasteiger partial charge in [0, 0.05) is 4.88 Å². The van der Waals surface area contributed by atoms with Gasteiger partial charge in [0.05, 0.1) is 11.1 Å². The summed E-state index contributed by atoms with van der Waals surface area (Å²) in [6.07, 6.45) is 0.502. The Bertz CT molecular complexity index is 942. The van der Waals surface area contributed by atoms with E-state index in [0.29, 0.717) is 6.42 Å². The molecule has 1 unspecified atom stereocenters. The molecule has 0 aliphatic rings. The van der Waals surface area contributed by atoms with Crippen LogP contribution in [0.2, 0.25) is 5.02 Å². The molecule has 0 saturated heterocycles. The number of benzene rings is 2. The van der Waals surface area contributed by atoms with E-state index in [1.165, 1.54) is 29.5 Å². The fourth-order valence-electron chi connectivity index (χ4n) is 2.50. The number of thiophene rings is 1. The molecule has 2 aromatic carbocycles. The van der Waals surface area contributed by atoms with Gasteiger partial charge in [-0.2, -0.15) is 0 Å². The zero-order valence-electron chi connectivity index (χ0n) is 13.1. The van der Waals surface area contributed by atoms with Crippen molar-refractivity contribution in [3.8, 4) is 5.75 Å². The third-order valence-corrected chi connectivity index (χ3v) is 6.50. The first-order valence-corrected chi connectivity index (χ1v) is 10.3. The van der Waals surface area contributed by atoms with Gasteiger partial charge in [0.2, 0.25) is 10.0 Å². The molecule has 3 rings (SSSR count). The van der Waals surface area contributed by atoms with Crippen LogP contribution in [-0.4, -0.2) is 13.5 Å². The van der Waals surface area contributed by atoms with Crippen LogP contribution in [0.3, 0.4) is 0 Å². The quantitative estimate of drug-likeness (QED) is 0.653. The largest absolute Gasteiger partial charge is 0.505 e. The lowest BCUT2D eigenvalue weighted by Gasteiger charge is -2.18. The molecule has 1 atom stereocenters. The molecule has 1 heterocycles. The number of hydrogen-bond acceptors (Lipinski definition) is 4.